The molecule has 0 atom stereocenters. The number of carbonyl (C=O) groups excluding carboxylic acids is 2. The van der Waals surface area contributed by atoms with Crippen LogP contribution in [0.2, 0.25) is 5.02 Å². The lowest BCUT2D eigenvalue weighted by atomic mass is 10.1. The van der Waals surface area contributed by atoms with Gasteiger partial charge in [-0.2, -0.15) is 0 Å². The van der Waals surface area contributed by atoms with Crippen LogP contribution in [-0.4, -0.2) is 21.7 Å². The van der Waals surface area contributed by atoms with E-state index in [-0.39, 0.29) is 24.5 Å². The molecule has 0 aliphatic rings. The average Bonchev–Trinajstić information content (AvgIpc) is 2.94. The molecule has 0 aliphatic heterocycles. The molecule has 116 valence electrons. The predicted octanol–water partition coefficient (Wildman–Crippen LogP) is 3.95. The Balaban J connectivity index is 1.59. The molecule has 23 heavy (non-hydrogen) atoms. The van der Waals surface area contributed by atoms with E-state index in [1.54, 1.807) is 36.5 Å². The van der Waals surface area contributed by atoms with Crippen LogP contribution in [0.1, 0.15) is 23.2 Å². The quantitative estimate of drug-likeness (QED) is 0.711. The number of hydrogen-bond donors (Lipinski definition) is 1. The van der Waals surface area contributed by atoms with Crippen LogP contribution in [0.4, 0.5) is 5.13 Å². The van der Waals surface area contributed by atoms with Crippen molar-refractivity contribution in [1.82, 2.24) is 9.97 Å². The highest BCUT2D eigenvalue weighted by atomic mass is 35.5. The van der Waals surface area contributed by atoms with Crippen LogP contribution in [0.3, 0.4) is 0 Å². The lowest BCUT2D eigenvalue weighted by Crippen LogP contribution is -2.13. The van der Waals surface area contributed by atoms with Crippen molar-refractivity contribution >= 4 is 50.0 Å². The number of nitrogens with one attached hydrogen (secondary N) is 1. The van der Waals surface area contributed by atoms with Crippen molar-refractivity contribution in [2.45, 2.75) is 12.8 Å². The van der Waals surface area contributed by atoms with Gasteiger partial charge < -0.3 is 5.32 Å². The highest BCUT2D eigenvalue weighted by molar-refractivity contribution is 7.22. The lowest BCUT2D eigenvalue weighted by Gasteiger charge is -2.01. The van der Waals surface area contributed by atoms with Crippen LogP contribution in [0, 0.1) is 0 Å². The summed E-state index contributed by atoms with van der Waals surface area (Å²) in [6, 6.07) is 8.73. The molecule has 7 heteroatoms. The molecule has 1 amide bonds. The Labute approximate surface area is 141 Å². The van der Waals surface area contributed by atoms with E-state index < -0.39 is 0 Å². The molecule has 3 rings (SSSR count). The van der Waals surface area contributed by atoms with E-state index in [0.717, 1.165) is 10.2 Å². The van der Waals surface area contributed by atoms with Gasteiger partial charge in [-0.3, -0.25) is 14.6 Å². The van der Waals surface area contributed by atoms with Crippen molar-refractivity contribution in [1.29, 1.82) is 0 Å². The number of ketones is 1. The largest absolute Gasteiger partial charge is 0.302 e. The third kappa shape index (κ3) is 3.91. The molecular weight excluding hydrogens is 334 g/mol. The minimum atomic E-state index is -0.243. The molecule has 0 spiro atoms. The van der Waals surface area contributed by atoms with Gasteiger partial charge in [0.25, 0.3) is 0 Å². The Morgan fingerprint density at radius 1 is 1.22 bits per heavy atom. The van der Waals surface area contributed by atoms with Gasteiger partial charge in [-0.15, -0.1) is 0 Å². The zero-order chi connectivity index (χ0) is 16.2. The maximum Gasteiger partial charge on any atom is 0.226 e. The number of anilines is 1. The first kappa shape index (κ1) is 15.6. The van der Waals surface area contributed by atoms with Crippen molar-refractivity contribution in [2.75, 3.05) is 5.32 Å². The first-order chi connectivity index (χ1) is 11.1. The lowest BCUT2D eigenvalue weighted by molar-refractivity contribution is -0.116. The highest BCUT2D eigenvalue weighted by Gasteiger charge is 2.11. The fourth-order valence-corrected chi connectivity index (χ4v) is 3.19. The number of pyridine rings is 1. The summed E-state index contributed by atoms with van der Waals surface area (Å²) in [5.41, 5.74) is 1.29. The molecule has 0 saturated heterocycles. The SMILES string of the molecule is O=C(CCC(=O)c1cccnc1)Nc1nc2ccc(Cl)cc2s1. The summed E-state index contributed by atoms with van der Waals surface area (Å²) in [6.07, 6.45) is 3.33. The number of rotatable bonds is 5. The molecule has 3 aromatic rings. The van der Waals surface area contributed by atoms with Gasteiger partial charge in [-0.25, -0.2) is 4.98 Å². The van der Waals surface area contributed by atoms with Gasteiger partial charge in [0.1, 0.15) is 0 Å². The number of aromatic nitrogens is 2. The summed E-state index contributed by atoms with van der Waals surface area (Å²) in [5.74, 6) is -0.350. The van der Waals surface area contributed by atoms with Gasteiger partial charge in [-0.05, 0) is 30.3 Å². The van der Waals surface area contributed by atoms with Crippen LogP contribution < -0.4 is 5.32 Å². The summed E-state index contributed by atoms with van der Waals surface area (Å²) < 4.78 is 0.902. The molecule has 0 radical (unpaired) electrons. The third-order valence-electron chi connectivity index (χ3n) is 3.16. The number of thiazole rings is 1. The minimum Gasteiger partial charge on any atom is -0.302 e. The molecular formula is C16H12ClN3O2S. The molecule has 2 heterocycles. The fourth-order valence-electron chi connectivity index (χ4n) is 2.03. The molecule has 2 aromatic heterocycles. The Hall–Kier alpha value is -2.31. The second-order valence-corrected chi connectivity index (χ2v) is 6.31. The monoisotopic (exact) mass is 345 g/mol. The molecule has 5 nitrogen and oxygen atoms in total. The minimum absolute atomic E-state index is 0.102. The van der Waals surface area contributed by atoms with Crippen molar-refractivity contribution in [2.24, 2.45) is 0 Å². The molecule has 1 N–H and O–H groups in total. The zero-order valence-corrected chi connectivity index (χ0v) is 13.5. The van der Waals surface area contributed by atoms with Crippen molar-refractivity contribution in [3.63, 3.8) is 0 Å². The number of halogens is 1. The zero-order valence-electron chi connectivity index (χ0n) is 12.0. The van der Waals surface area contributed by atoms with E-state index in [2.05, 4.69) is 15.3 Å². The molecule has 0 fully saturated rings. The van der Waals surface area contributed by atoms with E-state index in [4.69, 9.17) is 11.6 Å². The van der Waals surface area contributed by atoms with E-state index in [0.29, 0.717) is 15.7 Å². The summed E-state index contributed by atoms with van der Waals surface area (Å²) in [6.45, 7) is 0. The standard InChI is InChI=1S/C16H12ClN3O2S/c17-11-3-4-12-14(8-11)23-16(19-12)20-15(22)6-5-13(21)10-2-1-7-18-9-10/h1-4,7-9H,5-6H2,(H,19,20,22). The van der Waals surface area contributed by atoms with Crippen molar-refractivity contribution in [3.8, 4) is 0 Å². The fraction of sp³-hybridized carbons (Fsp3) is 0.125. The summed E-state index contributed by atoms with van der Waals surface area (Å²) >= 11 is 7.27. The van der Waals surface area contributed by atoms with Gasteiger partial charge in [0.05, 0.1) is 10.2 Å². The Kier molecular flexibility index (Phi) is 4.64. The summed E-state index contributed by atoms with van der Waals surface area (Å²) in [5, 5.41) is 3.84. The number of benzene rings is 1. The van der Waals surface area contributed by atoms with Gasteiger partial charge in [0.15, 0.2) is 10.9 Å². The van der Waals surface area contributed by atoms with Crippen LogP contribution in [0.25, 0.3) is 10.2 Å². The van der Waals surface area contributed by atoms with Gasteiger partial charge in [0, 0.05) is 35.8 Å². The topological polar surface area (TPSA) is 72.0 Å². The van der Waals surface area contributed by atoms with Gasteiger partial charge in [0.2, 0.25) is 5.91 Å². The van der Waals surface area contributed by atoms with Crippen molar-refractivity contribution in [3.05, 3.63) is 53.3 Å². The van der Waals surface area contributed by atoms with E-state index in [1.807, 2.05) is 0 Å². The molecule has 0 saturated carbocycles. The van der Waals surface area contributed by atoms with Crippen LogP contribution in [0.5, 0.6) is 0 Å². The molecule has 0 bridgehead atoms. The number of nitrogens with zero attached hydrogens (tertiary/aromatic N) is 2. The molecule has 0 aliphatic carbocycles. The highest BCUT2D eigenvalue weighted by Crippen LogP contribution is 2.28. The Bertz CT molecular complexity index is 864. The number of Topliss-reactive ketones (excluding diaryl/α,β-unsaturated/α-hetero) is 1. The predicted molar refractivity (Wildman–Crippen MR) is 91.1 cm³/mol. The number of amides is 1. The van der Waals surface area contributed by atoms with E-state index >= 15 is 0 Å². The summed E-state index contributed by atoms with van der Waals surface area (Å²) in [4.78, 5) is 32.1. The third-order valence-corrected chi connectivity index (χ3v) is 4.33. The van der Waals surface area contributed by atoms with E-state index in [1.165, 1.54) is 17.5 Å². The smallest absolute Gasteiger partial charge is 0.226 e. The number of hydrogen-bond acceptors (Lipinski definition) is 5. The van der Waals surface area contributed by atoms with E-state index in [9.17, 15) is 9.59 Å². The maximum absolute atomic E-state index is 12.0. The van der Waals surface area contributed by atoms with Crippen LogP contribution in [-0.2, 0) is 4.79 Å². The Morgan fingerprint density at radius 2 is 2.09 bits per heavy atom. The second kappa shape index (κ2) is 6.85. The Morgan fingerprint density at radius 3 is 2.87 bits per heavy atom. The first-order valence-electron chi connectivity index (χ1n) is 6.91. The number of fused-ring (bicyclic) bond motifs is 1. The van der Waals surface area contributed by atoms with Crippen LogP contribution >= 0.6 is 22.9 Å². The number of carbonyl (C=O) groups is 2. The average molecular weight is 346 g/mol. The molecule has 1 aromatic carbocycles. The van der Waals surface area contributed by atoms with Crippen molar-refractivity contribution < 1.29 is 9.59 Å². The maximum atomic E-state index is 12.0. The second-order valence-electron chi connectivity index (χ2n) is 4.84. The van der Waals surface area contributed by atoms with Gasteiger partial charge in [-0.1, -0.05) is 22.9 Å². The summed E-state index contributed by atoms with van der Waals surface area (Å²) in [7, 11) is 0. The molecule has 0 unspecified atom stereocenters. The van der Waals surface area contributed by atoms with Gasteiger partial charge >= 0.3 is 0 Å². The van der Waals surface area contributed by atoms with Crippen LogP contribution in [0.15, 0.2) is 42.7 Å². The first-order valence-corrected chi connectivity index (χ1v) is 8.10. The normalized spacial score (nSPS) is 10.7.